The van der Waals surface area contributed by atoms with E-state index in [9.17, 15) is 0 Å². The minimum absolute atomic E-state index is 0.958. The summed E-state index contributed by atoms with van der Waals surface area (Å²) in [5, 5.41) is 3.33. The highest BCUT2D eigenvalue weighted by atomic mass is 15.1. The molecule has 0 aliphatic heterocycles. The van der Waals surface area contributed by atoms with Crippen LogP contribution in [-0.2, 0) is 0 Å². The monoisotopic (exact) mass is 175 g/mol. The zero-order valence-corrected chi connectivity index (χ0v) is 7.86. The van der Waals surface area contributed by atoms with Crippen molar-refractivity contribution < 1.29 is 0 Å². The number of rotatable bonds is 2. The zero-order chi connectivity index (χ0) is 9.68. The molecule has 0 fully saturated rings. The Bertz CT molecular complexity index is 340. The molecular weight excluding hydrogens is 162 g/mol. The standard InChI is InChI=1S/C10H13N3/c1-8-3-4-9(2)10(7-8)12-5-6-13-11/h3-7H,11H2,1-2H3/b12-5-,13-6-. The number of benzene rings is 1. The van der Waals surface area contributed by atoms with E-state index in [0.717, 1.165) is 11.3 Å². The fourth-order valence-electron chi connectivity index (χ4n) is 1.01. The molecule has 0 saturated heterocycles. The zero-order valence-electron chi connectivity index (χ0n) is 7.86. The molecule has 3 nitrogen and oxygen atoms in total. The quantitative estimate of drug-likeness (QED) is 0.417. The van der Waals surface area contributed by atoms with Crippen molar-refractivity contribution in [3.05, 3.63) is 29.3 Å². The predicted molar refractivity (Wildman–Crippen MR) is 56.7 cm³/mol. The summed E-state index contributed by atoms with van der Waals surface area (Å²) < 4.78 is 0. The average Bonchev–Trinajstić information content (AvgIpc) is 2.11. The molecule has 2 N–H and O–H groups in total. The van der Waals surface area contributed by atoms with E-state index in [1.54, 1.807) is 6.21 Å². The van der Waals surface area contributed by atoms with Gasteiger partial charge >= 0.3 is 0 Å². The lowest BCUT2D eigenvalue weighted by Gasteiger charge is -1.99. The normalized spacial score (nSPS) is 11.5. The number of hydrogen-bond donors (Lipinski definition) is 1. The second kappa shape index (κ2) is 4.40. The maximum Gasteiger partial charge on any atom is 0.0662 e. The molecule has 0 amide bonds. The smallest absolute Gasteiger partial charge is 0.0662 e. The summed E-state index contributed by atoms with van der Waals surface area (Å²) in [4.78, 5) is 4.20. The molecule has 1 aromatic carbocycles. The fraction of sp³-hybridized carbons (Fsp3) is 0.200. The van der Waals surface area contributed by atoms with Crippen molar-refractivity contribution in [2.45, 2.75) is 13.8 Å². The van der Waals surface area contributed by atoms with E-state index < -0.39 is 0 Å². The lowest BCUT2D eigenvalue weighted by molar-refractivity contribution is 1.27. The molecule has 68 valence electrons. The van der Waals surface area contributed by atoms with Gasteiger partial charge in [0, 0.05) is 6.21 Å². The lowest BCUT2D eigenvalue weighted by Crippen LogP contribution is -1.84. The van der Waals surface area contributed by atoms with Gasteiger partial charge in [-0.05, 0) is 31.0 Å². The van der Waals surface area contributed by atoms with Gasteiger partial charge in [0.15, 0.2) is 0 Å². The van der Waals surface area contributed by atoms with Gasteiger partial charge in [0.1, 0.15) is 0 Å². The third-order valence-corrected chi connectivity index (χ3v) is 1.73. The summed E-state index contributed by atoms with van der Waals surface area (Å²) in [5.41, 5.74) is 3.30. The maximum atomic E-state index is 4.94. The highest BCUT2D eigenvalue weighted by molar-refractivity contribution is 6.16. The Morgan fingerprint density at radius 2 is 2.00 bits per heavy atom. The molecule has 1 aromatic rings. The number of nitrogens with two attached hydrogens (primary N) is 1. The maximum absolute atomic E-state index is 4.94. The van der Waals surface area contributed by atoms with Gasteiger partial charge in [0.25, 0.3) is 0 Å². The van der Waals surface area contributed by atoms with Gasteiger partial charge in [-0.15, -0.1) is 0 Å². The highest BCUT2D eigenvalue weighted by Gasteiger charge is 1.93. The molecule has 0 aromatic heterocycles. The molecular formula is C10H13N3. The number of hydrogen-bond acceptors (Lipinski definition) is 3. The van der Waals surface area contributed by atoms with Crippen molar-refractivity contribution in [2.24, 2.45) is 15.9 Å². The molecule has 0 bridgehead atoms. The van der Waals surface area contributed by atoms with Crippen LogP contribution in [0.1, 0.15) is 11.1 Å². The summed E-state index contributed by atoms with van der Waals surface area (Å²) in [6.45, 7) is 4.06. The second-order valence-electron chi connectivity index (χ2n) is 2.87. The molecule has 0 aliphatic carbocycles. The van der Waals surface area contributed by atoms with Gasteiger partial charge < -0.3 is 5.84 Å². The van der Waals surface area contributed by atoms with Gasteiger partial charge in [-0.3, -0.25) is 4.99 Å². The van der Waals surface area contributed by atoms with Crippen LogP contribution in [0.3, 0.4) is 0 Å². The van der Waals surface area contributed by atoms with Gasteiger partial charge in [0.2, 0.25) is 0 Å². The van der Waals surface area contributed by atoms with Crippen LogP contribution in [0.2, 0.25) is 0 Å². The van der Waals surface area contributed by atoms with Crippen molar-refractivity contribution >= 4 is 18.1 Å². The summed E-state index contributed by atoms with van der Waals surface area (Å²) in [6, 6.07) is 6.13. The molecule has 0 unspecified atom stereocenters. The van der Waals surface area contributed by atoms with Crippen molar-refractivity contribution in [1.29, 1.82) is 0 Å². The molecule has 13 heavy (non-hydrogen) atoms. The van der Waals surface area contributed by atoms with E-state index in [1.807, 2.05) is 26.0 Å². The van der Waals surface area contributed by atoms with Crippen LogP contribution >= 0.6 is 0 Å². The third-order valence-electron chi connectivity index (χ3n) is 1.73. The SMILES string of the molecule is Cc1ccc(C)c(/N=C\C=N/N)c1. The van der Waals surface area contributed by atoms with E-state index in [1.165, 1.54) is 11.8 Å². The first-order valence-electron chi connectivity index (χ1n) is 4.07. The number of hydrazone groups is 1. The second-order valence-corrected chi connectivity index (χ2v) is 2.87. The van der Waals surface area contributed by atoms with Gasteiger partial charge in [-0.2, -0.15) is 5.10 Å². The minimum atomic E-state index is 0.958. The average molecular weight is 175 g/mol. The lowest BCUT2D eigenvalue weighted by atomic mass is 10.1. The van der Waals surface area contributed by atoms with Crippen LogP contribution in [0.4, 0.5) is 5.69 Å². The summed E-state index contributed by atoms with van der Waals surface area (Å²) in [7, 11) is 0. The van der Waals surface area contributed by atoms with Crippen LogP contribution in [0.5, 0.6) is 0 Å². The fourth-order valence-corrected chi connectivity index (χ4v) is 1.01. The summed E-state index contributed by atoms with van der Waals surface area (Å²) in [6.07, 6.45) is 3.05. The highest BCUT2D eigenvalue weighted by Crippen LogP contribution is 2.18. The Labute approximate surface area is 78.0 Å². The Hall–Kier alpha value is -1.64. The molecule has 0 atom stereocenters. The first-order chi connectivity index (χ1) is 6.24. The molecule has 0 heterocycles. The van der Waals surface area contributed by atoms with E-state index >= 15 is 0 Å². The van der Waals surface area contributed by atoms with E-state index in [-0.39, 0.29) is 0 Å². The molecule has 0 aliphatic rings. The topological polar surface area (TPSA) is 50.7 Å². The van der Waals surface area contributed by atoms with Crippen molar-refractivity contribution in [3.8, 4) is 0 Å². The number of nitrogens with zero attached hydrogens (tertiary/aromatic N) is 2. The molecule has 1 rings (SSSR count). The van der Waals surface area contributed by atoms with Gasteiger partial charge in [-0.25, -0.2) is 0 Å². The first-order valence-corrected chi connectivity index (χ1v) is 4.07. The van der Waals surface area contributed by atoms with Crippen LogP contribution in [0, 0.1) is 13.8 Å². The summed E-state index contributed by atoms with van der Waals surface area (Å²) >= 11 is 0. The van der Waals surface area contributed by atoms with Crippen LogP contribution in [-0.4, -0.2) is 12.4 Å². The Morgan fingerprint density at radius 3 is 2.69 bits per heavy atom. The Morgan fingerprint density at radius 1 is 1.23 bits per heavy atom. The van der Waals surface area contributed by atoms with Crippen LogP contribution in [0.25, 0.3) is 0 Å². The summed E-state index contributed by atoms with van der Waals surface area (Å²) in [5.74, 6) is 4.94. The molecule has 0 spiro atoms. The van der Waals surface area contributed by atoms with Crippen molar-refractivity contribution in [2.75, 3.05) is 0 Å². The van der Waals surface area contributed by atoms with E-state index in [0.29, 0.717) is 0 Å². The van der Waals surface area contributed by atoms with Crippen molar-refractivity contribution in [3.63, 3.8) is 0 Å². The Kier molecular flexibility index (Phi) is 3.20. The van der Waals surface area contributed by atoms with Gasteiger partial charge in [-0.1, -0.05) is 12.1 Å². The largest absolute Gasteiger partial charge is 0.323 e. The Balaban J connectivity index is 2.93. The number of aliphatic imine (C=N–C) groups is 1. The number of aryl methyl sites for hydroxylation is 2. The predicted octanol–water partition coefficient (Wildman–Crippen LogP) is 1.95. The van der Waals surface area contributed by atoms with Gasteiger partial charge in [0.05, 0.1) is 11.9 Å². The van der Waals surface area contributed by atoms with Crippen LogP contribution < -0.4 is 5.84 Å². The van der Waals surface area contributed by atoms with Crippen molar-refractivity contribution in [1.82, 2.24) is 0 Å². The molecule has 0 saturated carbocycles. The minimum Gasteiger partial charge on any atom is -0.323 e. The van der Waals surface area contributed by atoms with E-state index in [2.05, 4.69) is 16.2 Å². The van der Waals surface area contributed by atoms with Crippen LogP contribution in [0.15, 0.2) is 28.3 Å². The molecule has 3 heteroatoms. The first kappa shape index (κ1) is 9.45. The van der Waals surface area contributed by atoms with E-state index in [4.69, 9.17) is 5.84 Å². The molecule has 0 radical (unpaired) electrons. The third kappa shape index (κ3) is 2.71.